The predicted octanol–water partition coefficient (Wildman–Crippen LogP) is 1.68. The third-order valence-corrected chi connectivity index (χ3v) is 6.47. The number of fused-ring (bicyclic) bond motifs is 1. The summed E-state index contributed by atoms with van der Waals surface area (Å²) in [4.78, 5) is 0.318. The van der Waals surface area contributed by atoms with Gasteiger partial charge in [0.05, 0.1) is 10.1 Å². The molecule has 0 spiro atoms. The molecule has 3 atom stereocenters. The minimum Gasteiger partial charge on any atom is -0.454 e. The molecule has 1 heterocycles. The van der Waals surface area contributed by atoms with Crippen LogP contribution in [0.4, 0.5) is 0 Å². The summed E-state index contributed by atoms with van der Waals surface area (Å²) in [5.41, 5.74) is 6.94. The zero-order chi connectivity index (χ0) is 15.3. The van der Waals surface area contributed by atoms with E-state index in [9.17, 15) is 8.42 Å². The molecule has 0 bridgehead atoms. The summed E-state index contributed by atoms with van der Waals surface area (Å²) in [6, 6.07) is 13.5. The summed E-state index contributed by atoms with van der Waals surface area (Å²) in [7, 11) is -3.42. The predicted molar refractivity (Wildman–Crippen MR) is 80.7 cm³/mol. The SMILES string of the molecule is NC1C(c2ccc3c(c2)OCO3)C1S(=O)(=O)c1ccccc1. The van der Waals surface area contributed by atoms with Crippen molar-refractivity contribution in [1.29, 1.82) is 0 Å². The van der Waals surface area contributed by atoms with E-state index in [0.717, 1.165) is 5.56 Å². The summed E-state index contributed by atoms with van der Waals surface area (Å²) in [5.74, 6) is 1.12. The van der Waals surface area contributed by atoms with Gasteiger partial charge in [0.25, 0.3) is 0 Å². The van der Waals surface area contributed by atoms with E-state index in [1.54, 1.807) is 36.4 Å². The first-order valence-electron chi connectivity index (χ1n) is 7.03. The van der Waals surface area contributed by atoms with Crippen molar-refractivity contribution < 1.29 is 17.9 Å². The van der Waals surface area contributed by atoms with Crippen LogP contribution in [0.2, 0.25) is 0 Å². The van der Waals surface area contributed by atoms with E-state index < -0.39 is 21.1 Å². The average molecular weight is 317 g/mol. The number of hydrogen-bond donors (Lipinski definition) is 1. The lowest BCUT2D eigenvalue weighted by Gasteiger charge is -2.04. The van der Waals surface area contributed by atoms with Crippen molar-refractivity contribution in [2.45, 2.75) is 22.1 Å². The molecule has 22 heavy (non-hydrogen) atoms. The van der Waals surface area contributed by atoms with Crippen molar-refractivity contribution in [2.75, 3.05) is 6.79 Å². The van der Waals surface area contributed by atoms with Crippen LogP contribution in [-0.2, 0) is 9.84 Å². The fourth-order valence-corrected chi connectivity index (χ4v) is 5.07. The first kappa shape index (κ1) is 13.6. The number of ether oxygens (including phenoxy) is 2. The van der Waals surface area contributed by atoms with Crippen molar-refractivity contribution in [3.63, 3.8) is 0 Å². The van der Waals surface area contributed by atoms with Crippen molar-refractivity contribution in [3.8, 4) is 11.5 Å². The molecular weight excluding hydrogens is 302 g/mol. The molecule has 6 heteroatoms. The van der Waals surface area contributed by atoms with Gasteiger partial charge in [0, 0.05) is 12.0 Å². The molecule has 0 amide bonds. The van der Waals surface area contributed by atoms with Gasteiger partial charge in [0.1, 0.15) is 0 Å². The Labute approximate surface area is 128 Å². The monoisotopic (exact) mass is 317 g/mol. The van der Waals surface area contributed by atoms with Crippen LogP contribution >= 0.6 is 0 Å². The van der Waals surface area contributed by atoms with Crippen LogP contribution in [0.5, 0.6) is 11.5 Å². The smallest absolute Gasteiger partial charge is 0.231 e. The Bertz CT molecular complexity index is 819. The Morgan fingerprint density at radius 3 is 2.50 bits per heavy atom. The van der Waals surface area contributed by atoms with Gasteiger partial charge in [-0.05, 0) is 29.8 Å². The summed E-state index contributed by atoms with van der Waals surface area (Å²) >= 11 is 0. The van der Waals surface area contributed by atoms with E-state index >= 15 is 0 Å². The zero-order valence-corrected chi connectivity index (χ0v) is 12.5. The largest absolute Gasteiger partial charge is 0.454 e. The molecular formula is C16H15NO4S. The van der Waals surface area contributed by atoms with Crippen LogP contribution in [0.3, 0.4) is 0 Å². The molecule has 3 unspecified atom stereocenters. The molecule has 114 valence electrons. The van der Waals surface area contributed by atoms with Gasteiger partial charge in [-0.3, -0.25) is 0 Å². The standard InChI is InChI=1S/C16H15NO4S/c17-15-14(10-6-7-12-13(8-10)21-9-20-12)16(15)22(18,19)11-4-2-1-3-5-11/h1-8,14-16H,9,17H2. The average Bonchev–Trinajstić information content (AvgIpc) is 3.01. The highest BCUT2D eigenvalue weighted by atomic mass is 32.2. The summed E-state index contributed by atoms with van der Waals surface area (Å²) in [5, 5.41) is -0.588. The quantitative estimate of drug-likeness (QED) is 0.932. The molecule has 1 aliphatic heterocycles. The molecule has 2 aromatic rings. The highest BCUT2D eigenvalue weighted by Crippen LogP contribution is 2.49. The molecule has 0 saturated heterocycles. The number of benzene rings is 2. The van der Waals surface area contributed by atoms with Crippen LogP contribution in [0.15, 0.2) is 53.4 Å². The molecule has 1 aliphatic carbocycles. The number of rotatable bonds is 3. The topological polar surface area (TPSA) is 78.6 Å². The Balaban J connectivity index is 1.66. The second-order valence-electron chi connectivity index (χ2n) is 5.54. The minimum absolute atomic E-state index is 0.196. The molecule has 4 rings (SSSR count). The van der Waals surface area contributed by atoms with E-state index in [4.69, 9.17) is 15.2 Å². The van der Waals surface area contributed by atoms with Crippen LogP contribution < -0.4 is 15.2 Å². The summed E-state index contributed by atoms with van der Waals surface area (Å²) < 4.78 is 36.0. The maximum absolute atomic E-state index is 12.7. The van der Waals surface area contributed by atoms with Crippen LogP contribution in [0, 0.1) is 0 Å². The first-order valence-corrected chi connectivity index (χ1v) is 8.58. The third-order valence-electron chi connectivity index (χ3n) is 4.22. The molecule has 1 fully saturated rings. The van der Waals surface area contributed by atoms with Gasteiger partial charge in [0.15, 0.2) is 21.3 Å². The molecule has 2 aliphatic rings. The number of hydrogen-bond acceptors (Lipinski definition) is 5. The Hall–Kier alpha value is -2.05. The maximum atomic E-state index is 12.7. The normalized spacial score (nSPS) is 26.0. The highest BCUT2D eigenvalue weighted by Gasteiger charge is 2.57. The zero-order valence-electron chi connectivity index (χ0n) is 11.7. The number of nitrogens with two attached hydrogens (primary N) is 1. The van der Waals surface area contributed by atoms with Crippen LogP contribution in [-0.4, -0.2) is 26.5 Å². The lowest BCUT2D eigenvalue weighted by atomic mass is 10.1. The maximum Gasteiger partial charge on any atom is 0.231 e. The Kier molecular flexibility index (Phi) is 2.92. The van der Waals surface area contributed by atoms with Crippen molar-refractivity contribution >= 4 is 9.84 Å². The van der Waals surface area contributed by atoms with Gasteiger partial charge in [-0.25, -0.2) is 8.42 Å². The van der Waals surface area contributed by atoms with Gasteiger partial charge in [0.2, 0.25) is 6.79 Å². The second-order valence-corrected chi connectivity index (χ2v) is 7.64. The van der Waals surface area contributed by atoms with Crippen LogP contribution in [0.1, 0.15) is 11.5 Å². The summed E-state index contributed by atoms with van der Waals surface area (Å²) in [6.07, 6.45) is 0. The van der Waals surface area contributed by atoms with E-state index in [1.807, 2.05) is 12.1 Å². The van der Waals surface area contributed by atoms with E-state index in [1.165, 1.54) is 0 Å². The lowest BCUT2D eigenvalue weighted by Crippen LogP contribution is -2.15. The molecule has 0 aromatic heterocycles. The molecule has 5 nitrogen and oxygen atoms in total. The highest BCUT2D eigenvalue weighted by molar-refractivity contribution is 7.92. The second kappa shape index (κ2) is 4.72. The van der Waals surface area contributed by atoms with Gasteiger partial charge in [-0.15, -0.1) is 0 Å². The minimum atomic E-state index is -3.42. The van der Waals surface area contributed by atoms with Crippen molar-refractivity contribution in [3.05, 3.63) is 54.1 Å². The van der Waals surface area contributed by atoms with E-state index in [2.05, 4.69) is 0 Å². The first-order chi connectivity index (χ1) is 10.6. The fourth-order valence-electron chi connectivity index (χ4n) is 3.00. The van der Waals surface area contributed by atoms with Crippen molar-refractivity contribution in [1.82, 2.24) is 0 Å². The third kappa shape index (κ3) is 1.99. The summed E-state index contributed by atoms with van der Waals surface area (Å²) in [6.45, 7) is 0.196. The Morgan fingerprint density at radius 2 is 1.73 bits per heavy atom. The van der Waals surface area contributed by atoms with Crippen molar-refractivity contribution in [2.24, 2.45) is 5.73 Å². The van der Waals surface area contributed by atoms with Gasteiger partial charge in [-0.1, -0.05) is 24.3 Å². The molecule has 2 N–H and O–H groups in total. The van der Waals surface area contributed by atoms with E-state index in [0.29, 0.717) is 16.4 Å². The van der Waals surface area contributed by atoms with Gasteiger partial charge in [-0.2, -0.15) is 0 Å². The van der Waals surface area contributed by atoms with Gasteiger partial charge < -0.3 is 15.2 Å². The fraction of sp³-hybridized carbons (Fsp3) is 0.250. The molecule has 1 saturated carbocycles. The lowest BCUT2D eigenvalue weighted by molar-refractivity contribution is 0.174. The van der Waals surface area contributed by atoms with E-state index in [-0.39, 0.29) is 12.7 Å². The number of sulfone groups is 1. The Morgan fingerprint density at radius 1 is 1.00 bits per heavy atom. The van der Waals surface area contributed by atoms with Crippen LogP contribution in [0.25, 0.3) is 0 Å². The van der Waals surface area contributed by atoms with Gasteiger partial charge >= 0.3 is 0 Å². The molecule has 2 aromatic carbocycles. The molecule has 0 radical (unpaired) electrons.